The lowest BCUT2D eigenvalue weighted by Crippen LogP contribution is -2.30. The first-order chi connectivity index (χ1) is 22.7. The summed E-state index contributed by atoms with van der Waals surface area (Å²) in [6.45, 7) is 11.5. The maximum atomic E-state index is 13.7. The Balaban J connectivity index is 1.37. The van der Waals surface area contributed by atoms with E-state index in [2.05, 4.69) is 37.5 Å². The fourth-order valence-corrected chi connectivity index (χ4v) is 5.39. The highest BCUT2D eigenvalue weighted by atomic mass is 16.6. The van der Waals surface area contributed by atoms with Crippen molar-refractivity contribution in [3.63, 3.8) is 0 Å². The molecule has 0 atom stereocenters. The van der Waals surface area contributed by atoms with Crippen molar-refractivity contribution in [2.45, 2.75) is 34.3 Å². The molecule has 0 aromatic heterocycles. The molecule has 4 aromatic carbocycles. The molecule has 5 rings (SSSR count). The van der Waals surface area contributed by atoms with Gasteiger partial charge in [0.05, 0.1) is 27.3 Å². The monoisotopic (exact) mass is 641 g/mol. The predicted octanol–water partition coefficient (Wildman–Crippen LogP) is 8.57. The number of benzene rings is 4. The quantitative estimate of drug-likeness (QED) is 0.109. The van der Waals surface area contributed by atoms with Crippen LogP contribution in [-0.4, -0.2) is 42.1 Å². The Morgan fingerprint density at radius 3 is 1.79 bits per heavy atom. The van der Waals surface area contributed by atoms with Gasteiger partial charge in [-0.25, -0.2) is 9.69 Å². The largest absolute Gasteiger partial charge is 0.453 e. The predicted molar refractivity (Wildman–Crippen MR) is 179 cm³/mol. The van der Waals surface area contributed by atoms with Crippen molar-refractivity contribution >= 4 is 40.2 Å². The second-order valence-corrected chi connectivity index (χ2v) is 10.6. The molecule has 0 bridgehead atoms. The Morgan fingerprint density at radius 1 is 0.745 bits per heavy atom. The van der Waals surface area contributed by atoms with Crippen molar-refractivity contribution in [2.24, 2.45) is 0 Å². The molecule has 0 unspecified atom stereocenters. The standard InChI is InChI=1S/C34H35N5O8/c1-5-35(6-2)24-11-16-28-32(20-24)47-33-21-25(36(7-3)8-4)12-17-29(33)37(28)34(40)45-22-23-9-14-27(15-10-23)46-31-18-13-26(38(41)42)19-30(31)39(43)44/h9-21H,5-8,22H2,1-4H3. The Kier molecular flexibility index (Phi) is 9.74. The van der Waals surface area contributed by atoms with Crippen molar-refractivity contribution in [1.29, 1.82) is 0 Å². The summed E-state index contributed by atoms with van der Waals surface area (Å²) in [4.78, 5) is 40.7. The third-order valence-electron chi connectivity index (χ3n) is 7.89. The summed E-state index contributed by atoms with van der Waals surface area (Å²) >= 11 is 0. The number of fused-ring (bicyclic) bond motifs is 2. The van der Waals surface area contributed by atoms with Crippen LogP contribution in [0.2, 0.25) is 0 Å². The maximum Gasteiger partial charge on any atom is 0.419 e. The fraction of sp³-hybridized carbons (Fsp3) is 0.265. The molecule has 0 aliphatic carbocycles. The van der Waals surface area contributed by atoms with E-state index in [9.17, 15) is 25.0 Å². The van der Waals surface area contributed by atoms with Gasteiger partial charge in [-0.1, -0.05) is 12.1 Å². The highest BCUT2D eigenvalue weighted by Crippen LogP contribution is 2.49. The van der Waals surface area contributed by atoms with Gasteiger partial charge >= 0.3 is 11.8 Å². The van der Waals surface area contributed by atoms with E-state index in [1.807, 2.05) is 36.4 Å². The van der Waals surface area contributed by atoms with Gasteiger partial charge in [0.25, 0.3) is 5.69 Å². The Bertz CT molecular complexity index is 1730. The van der Waals surface area contributed by atoms with Crippen molar-refractivity contribution < 1.29 is 28.9 Å². The zero-order chi connectivity index (χ0) is 33.7. The minimum atomic E-state index is -0.743. The van der Waals surface area contributed by atoms with Gasteiger partial charge in [-0.15, -0.1) is 0 Å². The van der Waals surface area contributed by atoms with Crippen LogP contribution in [0.25, 0.3) is 0 Å². The number of ether oxygens (including phenoxy) is 3. The number of amides is 1. The second kappa shape index (κ2) is 14.1. The Morgan fingerprint density at radius 2 is 1.30 bits per heavy atom. The highest BCUT2D eigenvalue weighted by molar-refractivity contribution is 6.01. The van der Waals surface area contributed by atoms with E-state index in [0.29, 0.717) is 28.4 Å². The van der Waals surface area contributed by atoms with Gasteiger partial charge in [-0.05, 0) is 75.7 Å². The average Bonchev–Trinajstić information content (AvgIpc) is 3.07. The number of carbonyl (C=O) groups excluding carboxylic acids is 1. The number of rotatable bonds is 12. The molecule has 0 N–H and O–H groups in total. The normalized spacial score (nSPS) is 11.5. The molecule has 13 heteroatoms. The van der Waals surface area contributed by atoms with Crippen molar-refractivity contribution in [3.8, 4) is 23.0 Å². The number of non-ortho nitro benzene ring substituents is 1. The number of hydrogen-bond donors (Lipinski definition) is 0. The second-order valence-electron chi connectivity index (χ2n) is 10.6. The summed E-state index contributed by atoms with van der Waals surface area (Å²) in [6, 6.07) is 21.1. The number of nitro groups is 2. The topological polar surface area (TPSA) is 141 Å². The zero-order valence-corrected chi connectivity index (χ0v) is 26.5. The van der Waals surface area contributed by atoms with Gasteiger partial charge < -0.3 is 24.0 Å². The fourth-order valence-electron chi connectivity index (χ4n) is 5.39. The van der Waals surface area contributed by atoms with E-state index in [1.54, 1.807) is 24.3 Å². The van der Waals surface area contributed by atoms with Crippen LogP contribution in [0.3, 0.4) is 0 Å². The summed E-state index contributed by atoms with van der Waals surface area (Å²) < 4.78 is 17.8. The minimum Gasteiger partial charge on any atom is -0.453 e. The van der Waals surface area contributed by atoms with Gasteiger partial charge in [0.1, 0.15) is 12.4 Å². The third kappa shape index (κ3) is 6.88. The molecule has 1 amide bonds. The maximum absolute atomic E-state index is 13.7. The zero-order valence-electron chi connectivity index (χ0n) is 26.5. The highest BCUT2D eigenvalue weighted by Gasteiger charge is 2.32. The molecule has 13 nitrogen and oxygen atoms in total. The van der Waals surface area contributed by atoms with Crippen LogP contribution < -0.4 is 24.2 Å². The van der Waals surface area contributed by atoms with E-state index < -0.39 is 27.3 Å². The lowest BCUT2D eigenvalue weighted by atomic mass is 10.1. The number of nitrogens with zero attached hydrogens (tertiary/aromatic N) is 5. The van der Waals surface area contributed by atoms with Crippen LogP contribution in [0.4, 0.5) is 38.9 Å². The van der Waals surface area contributed by atoms with Crippen molar-refractivity contribution in [2.75, 3.05) is 40.9 Å². The van der Waals surface area contributed by atoms with Gasteiger partial charge in [0, 0.05) is 55.8 Å². The minimum absolute atomic E-state index is 0.0616. The number of hydrogen-bond acceptors (Lipinski definition) is 10. The van der Waals surface area contributed by atoms with Crippen molar-refractivity contribution in [1.82, 2.24) is 0 Å². The molecule has 1 heterocycles. The number of anilines is 4. The first-order valence-electron chi connectivity index (χ1n) is 15.3. The summed E-state index contributed by atoms with van der Waals surface area (Å²) in [5.74, 6) is 1.20. The molecule has 0 spiro atoms. The lowest BCUT2D eigenvalue weighted by Gasteiger charge is -2.33. The van der Waals surface area contributed by atoms with Crippen LogP contribution in [0, 0.1) is 20.2 Å². The average molecular weight is 642 g/mol. The van der Waals surface area contributed by atoms with Crippen LogP contribution in [0.15, 0.2) is 78.9 Å². The molecule has 4 aromatic rings. The molecule has 0 saturated heterocycles. The number of nitro benzene ring substituents is 2. The SMILES string of the molecule is CCN(CC)c1ccc2c(c1)Oc1cc(N(CC)CC)ccc1N2C(=O)OCc1ccc(Oc2ccc([N+](=O)[O-])cc2[N+](=O)[O-])cc1. The van der Waals surface area contributed by atoms with Crippen LogP contribution >= 0.6 is 0 Å². The van der Waals surface area contributed by atoms with E-state index in [4.69, 9.17) is 14.2 Å². The lowest BCUT2D eigenvalue weighted by molar-refractivity contribution is -0.394. The number of carbonyl (C=O) groups is 1. The van der Waals surface area contributed by atoms with Crippen LogP contribution in [0.1, 0.15) is 33.3 Å². The van der Waals surface area contributed by atoms with E-state index in [0.717, 1.165) is 49.7 Å². The summed E-state index contributed by atoms with van der Waals surface area (Å²) in [7, 11) is 0. The van der Waals surface area contributed by atoms with Gasteiger partial charge in [-0.2, -0.15) is 0 Å². The summed E-state index contributed by atoms with van der Waals surface area (Å²) in [5, 5.41) is 22.5. The van der Waals surface area contributed by atoms with Crippen LogP contribution in [-0.2, 0) is 11.3 Å². The first kappa shape index (κ1) is 32.5. The van der Waals surface area contributed by atoms with Gasteiger partial charge in [0.2, 0.25) is 5.75 Å². The molecular weight excluding hydrogens is 606 g/mol. The van der Waals surface area contributed by atoms with Crippen LogP contribution in [0.5, 0.6) is 23.0 Å². The van der Waals surface area contributed by atoms with Gasteiger partial charge in [0.15, 0.2) is 11.5 Å². The summed E-state index contributed by atoms with van der Waals surface area (Å²) in [6.07, 6.45) is -0.594. The molecule has 1 aliphatic heterocycles. The molecule has 47 heavy (non-hydrogen) atoms. The Labute approximate surface area is 271 Å². The van der Waals surface area contributed by atoms with E-state index in [1.165, 1.54) is 11.0 Å². The third-order valence-corrected chi connectivity index (χ3v) is 7.89. The molecular formula is C34H35N5O8. The smallest absolute Gasteiger partial charge is 0.419 e. The molecule has 0 fully saturated rings. The van der Waals surface area contributed by atoms with E-state index in [-0.39, 0.29) is 18.1 Å². The van der Waals surface area contributed by atoms with Crippen molar-refractivity contribution in [3.05, 3.63) is 105 Å². The first-order valence-corrected chi connectivity index (χ1v) is 15.3. The summed E-state index contributed by atoms with van der Waals surface area (Å²) in [5.41, 5.74) is 2.77. The molecule has 0 radical (unpaired) electrons. The molecule has 1 aliphatic rings. The van der Waals surface area contributed by atoms with E-state index >= 15 is 0 Å². The Hall–Kier alpha value is -5.85. The molecule has 244 valence electrons. The molecule has 0 saturated carbocycles. The van der Waals surface area contributed by atoms with Gasteiger partial charge in [-0.3, -0.25) is 20.2 Å².